The number of hydrogen-bond acceptors (Lipinski definition) is 3. The molecule has 6 nitrogen and oxygen atoms in total. The lowest BCUT2D eigenvalue weighted by molar-refractivity contribution is 0.200. The van der Waals surface area contributed by atoms with Crippen LogP contribution in [0, 0.1) is 6.92 Å². The molecule has 2 amide bonds. The van der Waals surface area contributed by atoms with E-state index in [1.54, 1.807) is 10.9 Å². The van der Waals surface area contributed by atoms with Crippen LogP contribution in [0.15, 0.2) is 59.3 Å². The van der Waals surface area contributed by atoms with Crippen molar-refractivity contribution in [3.8, 4) is 5.69 Å². The van der Waals surface area contributed by atoms with Gasteiger partial charge in [-0.25, -0.2) is 9.48 Å². The van der Waals surface area contributed by atoms with E-state index in [1.807, 2.05) is 60.5 Å². The Bertz CT molecular complexity index is 869. The third-order valence-corrected chi connectivity index (χ3v) is 4.50. The molecule has 1 aliphatic heterocycles. The minimum atomic E-state index is -0.116. The van der Waals surface area contributed by atoms with Gasteiger partial charge in [0.05, 0.1) is 29.4 Å². The van der Waals surface area contributed by atoms with Crippen molar-refractivity contribution in [2.24, 2.45) is 0 Å². The Morgan fingerprint density at radius 3 is 2.88 bits per heavy atom. The number of para-hydroxylation sites is 2. The van der Waals surface area contributed by atoms with Crippen LogP contribution in [0.1, 0.15) is 30.3 Å². The zero-order chi connectivity index (χ0) is 17.2. The molecule has 6 heteroatoms. The van der Waals surface area contributed by atoms with E-state index in [0.29, 0.717) is 0 Å². The van der Waals surface area contributed by atoms with Crippen LogP contribution in [0.2, 0.25) is 0 Å². The van der Waals surface area contributed by atoms with E-state index >= 15 is 0 Å². The molecule has 2 aromatic heterocycles. The van der Waals surface area contributed by atoms with Gasteiger partial charge in [-0.2, -0.15) is 5.10 Å². The summed E-state index contributed by atoms with van der Waals surface area (Å²) >= 11 is 0. The second kappa shape index (κ2) is 6.47. The molecule has 3 heterocycles. The number of carbonyl (C=O) groups is 1. The summed E-state index contributed by atoms with van der Waals surface area (Å²) in [5, 5.41) is 7.48. The van der Waals surface area contributed by atoms with E-state index in [4.69, 9.17) is 4.42 Å². The molecule has 1 fully saturated rings. The number of urea groups is 1. The van der Waals surface area contributed by atoms with Crippen molar-refractivity contribution >= 4 is 11.7 Å². The molecule has 0 aliphatic carbocycles. The Morgan fingerprint density at radius 2 is 2.12 bits per heavy atom. The number of aryl methyl sites for hydroxylation is 1. The minimum Gasteiger partial charge on any atom is -0.467 e. The van der Waals surface area contributed by atoms with Gasteiger partial charge in [0.15, 0.2) is 0 Å². The summed E-state index contributed by atoms with van der Waals surface area (Å²) in [6.45, 7) is 2.66. The predicted molar refractivity (Wildman–Crippen MR) is 94.7 cm³/mol. The molecule has 25 heavy (non-hydrogen) atoms. The smallest absolute Gasteiger partial charge is 0.322 e. The van der Waals surface area contributed by atoms with Crippen LogP contribution in [-0.2, 0) is 0 Å². The number of likely N-dealkylation sites (tertiary alicyclic amines) is 1. The summed E-state index contributed by atoms with van der Waals surface area (Å²) in [6, 6.07) is 13.3. The maximum absolute atomic E-state index is 12.9. The average Bonchev–Trinajstić information content (AvgIpc) is 3.36. The van der Waals surface area contributed by atoms with Gasteiger partial charge in [0, 0.05) is 12.7 Å². The van der Waals surface area contributed by atoms with Crippen LogP contribution >= 0.6 is 0 Å². The number of aromatic nitrogens is 2. The third kappa shape index (κ3) is 3.03. The molecule has 1 unspecified atom stereocenters. The van der Waals surface area contributed by atoms with E-state index in [2.05, 4.69) is 10.4 Å². The Kier molecular flexibility index (Phi) is 4.01. The van der Waals surface area contributed by atoms with Crippen LogP contribution in [0.5, 0.6) is 0 Å². The zero-order valence-electron chi connectivity index (χ0n) is 14.1. The van der Waals surface area contributed by atoms with Gasteiger partial charge in [0.25, 0.3) is 0 Å². The maximum Gasteiger partial charge on any atom is 0.322 e. The molecule has 1 N–H and O–H groups in total. The molecule has 1 saturated heterocycles. The molecular formula is C19H20N4O2. The molecule has 0 spiro atoms. The number of carbonyl (C=O) groups excluding carboxylic acids is 1. The second-order valence-corrected chi connectivity index (χ2v) is 6.22. The van der Waals surface area contributed by atoms with E-state index in [9.17, 15) is 4.79 Å². The lowest BCUT2D eigenvalue weighted by Gasteiger charge is -2.24. The number of hydrogen-bond donors (Lipinski definition) is 1. The maximum atomic E-state index is 12.9. The van der Waals surface area contributed by atoms with Gasteiger partial charge in [-0.1, -0.05) is 12.1 Å². The van der Waals surface area contributed by atoms with Crippen LogP contribution in [-0.4, -0.2) is 27.3 Å². The fourth-order valence-corrected chi connectivity index (χ4v) is 3.30. The van der Waals surface area contributed by atoms with Gasteiger partial charge in [-0.3, -0.25) is 0 Å². The number of benzene rings is 1. The number of rotatable bonds is 3. The molecule has 128 valence electrons. The highest BCUT2D eigenvalue weighted by Crippen LogP contribution is 2.33. The number of furan rings is 1. The summed E-state index contributed by atoms with van der Waals surface area (Å²) in [6.07, 6.45) is 5.43. The first kappa shape index (κ1) is 15.5. The SMILES string of the molecule is Cc1ccn(-c2ccccc2NC(=O)N2CCCC2c2ccco2)n1. The fourth-order valence-electron chi connectivity index (χ4n) is 3.30. The van der Waals surface area contributed by atoms with E-state index in [-0.39, 0.29) is 12.1 Å². The highest BCUT2D eigenvalue weighted by Gasteiger charge is 2.32. The monoisotopic (exact) mass is 336 g/mol. The fraction of sp³-hybridized carbons (Fsp3) is 0.263. The molecule has 1 atom stereocenters. The van der Waals surface area contributed by atoms with Gasteiger partial charge in [0.2, 0.25) is 0 Å². The molecule has 0 radical (unpaired) electrons. The number of nitrogens with zero attached hydrogens (tertiary/aromatic N) is 3. The minimum absolute atomic E-state index is 0.00545. The van der Waals surface area contributed by atoms with Crippen molar-refractivity contribution in [3.63, 3.8) is 0 Å². The predicted octanol–water partition coefficient (Wildman–Crippen LogP) is 4.14. The van der Waals surface area contributed by atoms with Crippen molar-refractivity contribution in [2.75, 3.05) is 11.9 Å². The zero-order valence-corrected chi connectivity index (χ0v) is 14.1. The standard InChI is InChI=1S/C19H20N4O2/c1-14-10-12-23(21-14)16-7-3-2-6-15(16)20-19(24)22-11-4-8-17(22)18-9-5-13-25-18/h2-3,5-7,9-10,12-13,17H,4,8,11H2,1H3,(H,20,24). The van der Waals surface area contributed by atoms with Gasteiger partial charge in [-0.05, 0) is 50.1 Å². The topological polar surface area (TPSA) is 63.3 Å². The quantitative estimate of drug-likeness (QED) is 0.782. The normalized spacial score (nSPS) is 17.0. The molecular weight excluding hydrogens is 316 g/mol. The van der Waals surface area contributed by atoms with Gasteiger partial charge >= 0.3 is 6.03 Å². The lowest BCUT2D eigenvalue weighted by Crippen LogP contribution is -2.34. The molecule has 4 rings (SSSR count). The van der Waals surface area contributed by atoms with Gasteiger partial charge in [0.1, 0.15) is 5.76 Å². The van der Waals surface area contributed by atoms with Crippen LogP contribution < -0.4 is 5.32 Å². The summed E-state index contributed by atoms with van der Waals surface area (Å²) in [5.41, 5.74) is 2.51. The van der Waals surface area contributed by atoms with Crippen molar-refractivity contribution in [1.29, 1.82) is 0 Å². The molecule has 1 aliphatic rings. The summed E-state index contributed by atoms with van der Waals surface area (Å²) < 4.78 is 7.28. The van der Waals surface area contributed by atoms with Gasteiger partial charge in [-0.15, -0.1) is 0 Å². The Morgan fingerprint density at radius 1 is 1.24 bits per heavy atom. The Hall–Kier alpha value is -3.02. The van der Waals surface area contributed by atoms with Crippen LogP contribution in [0.4, 0.5) is 10.5 Å². The summed E-state index contributed by atoms with van der Waals surface area (Å²) in [5.74, 6) is 0.837. The first-order valence-corrected chi connectivity index (χ1v) is 8.45. The molecule has 0 bridgehead atoms. The first-order chi connectivity index (χ1) is 12.2. The molecule has 3 aromatic rings. The van der Waals surface area contributed by atoms with Crippen molar-refractivity contribution in [1.82, 2.24) is 14.7 Å². The Balaban J connectivity index is 1.57. The number of anilines is 1. The summed E-state index contributed by atoms with van der Waals surface area (Å²) in [7, 11) is 0. The third-order valence-electron chi connectivity index (χ3n) is 4.50. The van der Waals surface area contributed by atoms with Crippen molar-refractivity contribution < 1.29 is 9.21 Å². The van der Waals surface area contributed by atoms with Crippen LogP contribution in [0.3, 0.4) is 0 Å². The van der Waals surface area contributed by atoms with E-state index in [0.717, 1.165) is 42.2 Å². The van der Waals surface area contributed by atoms with Crippen molar-refractivity contribution in [3.05, 3.63) is 66.4 Å². The van der Waals surface area contributed by atoms with Gasteiger partial charge < -0.3 is 14.6 Å². The second-order valence-electron chi connectivity index (χ2n) is 6.22. The molecule has 0 saturated carbocycles. The Labute approximate surface area is 146 Å². The number of amides is 2. The van der Waals surface area contributed by atoms with E-state index in [1.165, 1.54) is 0 Å². The highest BCUT2D eigenvalue weighted by atomic mass is 16.3. The van der Waals surface area contributed by atoms with Crippen LogP contribution in [0.25, 0.3) is 5.69 Å². The molecule has 1 aromatic carbocycles. The first-order valence-electron chi connectivity index (χ1n) is 8.45. The van der Waals surface area contributed by atoms with E-state index < -0.39 is 0 Å². The number of nitrogens with one attached hydrogen (secondary N) is 1. The summed E-state index contributed by atoms with van der Waals surface area (Å²) in [4.78, 5) is 14.7. The highest BCUT2D eigenvalue weighted by molar-refractivity contribution is 5.92. The largest absolute Gasteiger partial charge is 0.467 e. The average molecular weight is 336 g/mol. The lowest BCUT2D eigenvalue weighted by atomic mass is 10.2. The van der Waals surface area contributed by atoms with Crippen molar-refractivity contribution in [2.45, 2.75) is 25.8 Å².